The number of hydrogen-bond donors (Lipinski definition) is 1. The standard InChI is InChI=1S/C8H15N3O2/c1-4-11-7(5-12)9-10-8(11)6(2)13-3/h6,12H,4-5H2,1-3H3. The molecule has 1 aromatic rings. The maximum Gasteiger partial charge on any atom is 0.162 e. The second kappa shape index (κ2) is 4.34. The van der Waals surface area contributed by atoms with Gasteiger partial charge in [-0.25, -0.2) is 0 Å². The maximum absolute atomic E-state index is 8.95. The Bertz CT molecular complexity index is 272. The number of aromatic nitrogens is 3. The van der Waals surface area contributed by atoms with Gasteiger partial charge in [-0.1, -0.05) is 0 Å². The van der Waals surface area contributed by atoms with Gasteiger partial charge in [0.05, 0.1) is 0 Å². The Hall–Kier alpha value is -0.940. The Kier molecular flexibility index (Phi) is 3.39. The van der Waals surface area contributed by atoms with E-state index in [1.807, 2.05) is 18.4 Å². The number of aliphatic hydroxyl groups is 1. The van der Waals surface area contributed by atoms with E-state index in [1.165, 1.54) is 0 Å². The normalized spacial score (nSPS) is 13.2. The summed E-state index contributed by atoms with van der Waals surface area (Å²) in [6.45, 7) is 4.54. The van der Waals surface area contributed by atoms with Gasteiger partial charge >= 0.3 is 0 Å². The molecule has 0 radical (unpaired) electrons. The minimum Gasteiger partial charge on any atom is -0.388 e. The molecule has 0 bridgehead atoms. The van der Waals surface area contributed by atoms with E-state index in [-0.39, 0.29) is 12.7 Å². The third-order valence-electron chi connectivity index (χ3n) is 2.03. The average molecular weight is 185 g/mol. The summed E-state index contributed by atoms with van der Waals surface area (Å²) in [5, 5.41) is 16.8. The first-order valence-corrected chi connectivity index (χ1v) is 4.30. The summed E-state index contributed by atoms with van der Waals surface area (Å²) in [5.41, 5.74) is 0. The summed E-state index contributed by atoms with van der Waals surface area (Å²) < 4.78 is 6.99. The number of aliphatic hydroxyl groups excluding tert-OH is 1. The summed E-state index contributed by atoms with van der Waals surface area (Å²) in [6.07, 6.45) is -0.0900. The van der Waals surface area contributed by atoms with E-state index in [1.54, 1.807) is 7.11 Å². The van der Waals surface area contributed by atoms with Gasteiger partial charge in [0.15, 0.2) is 11.6 Å². The second-order valence-electron chi connectivity index (χ2n) is 2.75. The Balaban J connectivity index is 3.00. The van der Waals surface area contributed by atoms with Gasteiger partial charge in [0.2, 0.25) is 0 Å². The molecule has 0 aliphatic carbocycles. The zero-order valence-corrected chi connectivity index (χ0v) is 8.19. The Labute approximate surface area is 77.4 Å². The molecule has 0 aromatic carbocycles. The lowest BCUT2D eigenvalue weighted by Crippen LogP contribution is -2.09. The lowest BCUT2D eigenvalue weighted by atomic mass is 10.3. The maximum atomic E-state index is 8.95. The molecule has 5 heteroatoms. The lowest BCUT2D eigenvalue weighted by molar-refractivity contribution is 0.108. The molecule has 74 valence electrons. The van der Waals surface area contributed by atoms with Crippen LogP contribution in [0.25, 0.3) is 0 Å². The summed E-state index contributed by atoms with van der Waals surface area (Å²) in [5.74, 6) is 1.34. The van der Waals surface area contributed by atoms with Crippen LogP contribution in [0.1, 0.15) is 31.6 Å². The van der Waals surface area contributed by atoms with Crippen molar-refractivity contribution in [1.29, 1.82) is 0 Å². The topological polar surface area (TPSA) is 60.2 Å². The lowest BCUT2D eigenvalue weighted by Gasteiger charge is -2.10. The number of methoxy groups -OCH3 is 1. The molecule has 0 saturated carbocycles. The summed E-state index contributed by atoms with van der Waals surface area (Å²) in [4.78, 5) is 0. The molecule has 0 saturated heterocycles. The predicted molar refractivity (Wildman–Crippen MR) is 47.0 cm³/mol. The van der Waals surface area contributed by atoms with E-state index in [0.717, 1.165) is 12.4 Å². The Morgan fingerprint density at radius 2 is 2.23 bits per heavy atom. The minimum absolute atomic E-state index is 0.0860. The zero-order chi connectivity index (χ0) is 9.84. The molecule has 13 heavy (non-hydrogen) atoms. The fourth-order valence-corrected chi connectivity index (χ4v) is 1.22. The van der Waals surface area contributed by atoms with Crippen molar-refractivity contribution in [2.75, 3.05) is 7.11 Å². The molecule has 1 N–H and O–H groups in total. The molecule has 1 aromatic heterocycles. The molecule has 0 aliphatic heterocycles. The van der Waals surface area contributed by atoms with Crippen LogP contribution in [0.15, 0.2) is 0 Å². The van der Waals surface area contributed by atoms with Crippen LogP contribution in [0, 0.1) is 0 Å². The van der Waals surface area contributed by atoms with Crippen LogP contribution in [0.4, 0.5) is 0 Å². The van der Waals surface area contributed by atoms with Crippen LogP contribution in [0.5, 0.6) is 0 Å². The predicted octanol–water partition coefficient (Wildman–Crippen LogP) is 0.498. The third kappa shape index (κ3) is 1.87. The monoisotopic (exact) mass is 185 g/mol. The van der Waals surface area contributed by atoms with E-state index in [2.05, 4.69) is 10.2 Å². The molecule has 0 fully saturated rings. The highest BCUT2D eigenvalue weighted by atomic mass is 16.5. The molecular weight excluding hydrogens is 170 g/mol. The molecule has 0 spiro atoms. The van der Waals surface area contributed by atoms with Crippen LogP contribution in [-0.4, -0.2) is 27.0 Å². The summed E-state index contributed by atoms with van der Waals surface area (Å²) in [7, 11) is 1.62. The van der Waals surface area contributed by atoms with Crippen molar-refractivity contribution in [2.24, 2.45) is 0 Å². The summed E-state index contributed by atoms with van der Waals surface area (Å²) >= 11 is 0. The van der Waals surface area contributed by atoms with E-state index >= 15 is 0 Å². The van der Waals surface area contributed by atoms with Crippen molar-refractivity contribution >= 4 is 0 Å². The number of ether oxygens (including phenoxy) is 1. The van der Waals surface area contributed by atoms with Gasteiger partial charge in [-0.3, -0.25) is 0 Å². The molecule has 1 unspecified atom stereocenters. The molecule has 1 rings (SSSR count). The largest absolute Gasteiger partial charge is 0.388 e. The van der Waals surface area contributed by atoms with Crippen molar-refractivity contribution in [3.63, 3.8) is 0 Å². The smallest absolute Gasteiger partial charge is 0.162 e. The molecule has 0 aliphatic rings. The van der Waals surface area contributed by atoms with Crippen LogP contribution in [-0.2, 0) is 17.9 Å². The molecule has 0 amide bonds. The quantitative estimate of drug-likeness (QED) is 0.742. The van der Waals surface area contributed by atoms with Gasteiger partial charge in [0.1, 0.15) is 12.7 Å². The average Bonchev–Trinajstić information content (AvgIpc) is 2.58. The van der Waals surface area contributed by atoms with Crippen LogP contribution in [0.3, 0.4) is 0 Å². The van der Waals surface area contributed by atoms with E-state index in [4.69, 9.17) is 9.84 Å². The van der Waals surface area contributed by atoms with Crippen LogP contribution in [0.2, 0.25) is 0 Å². The second-order valence-corrected chi connectivity index (χ2v) is 2.75. The fourth-order valence-electron chi connectivity index (χ4n) is 1.22. The van der Waals surface area contributed by atoms with Gasteiger partial charge in [-0.2, -0.15) is 0 Å². The number of rotatable bonds is 4. The zero-order valence-electron chi connectivity index (χ0n) is 8.19. The Morgan fingerprint density at radius 1 is 1.54 bits per heavy atom. The van der Waals surface area contributed by atoms with Crippen LogP contribution < -0.4 is 0 Å². The Morgan fingerprint density at radius 3 is 2.69 bits per heavy atom. The summed E-state index contributed by atoms with van der Waals surface area (Å²) in [6, 6.07) is 0. The fraction of sp³-hybridized carbons (Fsp3) is 0.750. The van der Waals surface area contributed by atoms with Crippen molar-refractivity contribution in [3.05, 3.63) is 11.6 Å². The van der Waals surface area contributed by atoms with Crippen molar-refractivity contribution < 1.29 is 9.84 Å². The van der Waals surface area contributed by atoms with Crippen molar-refractivity contribution in [1.82, 2.24) is 14.8 Å². The van der Waals surface area contributed by atoms with Crippen molar-refractivity contribution in [3.8, 4) is 0 Å². The minimum atomic E-state index is -0.0900. The van der Waals surface area contributed by atoms with Gasteiger partial charge in [0, 0.05) is 13.7 Å². The number of nitrogens with zero attached hydrogens (tertiary/aromatic N) is 3. The number of hydrogen-bond acceptors (Lipinski definition) is 4. The first-order valence-electron chi connectivity index (χ1n) is 4.30. The van der Waals surface area contributed by atoms with Gasteiger partial charge in [0.25, 0.3) is 0 Å². The van der Waals surface area contributed by atoms with Gasteiger partial charge < -0.3 is 14.4 Å². The van der Waals surface area contributed by atoms with Gasteiger partial charge in [-0.15, -0.1) is 10.2 Å². The van der Waals surface area contributed by atoms with E-state index < -0.39 is 0 Å². The molecule has 1 atom stereocenters. The van der Waals surface area contributed by atoms with Crippen molar-refractivity contribution in [2.45, 2.75) is 33.1 Å². The highest BCUT2D eigenvalue weighted by molar-refractivity contribution is 4.97. The van der Waals surface area contributed by atoms with E-state index in [0.29, 0.717) is 5.82 Å². The molecule has 1 heterocycles. The third-order valence-corrected chi connectivity index (χ3v) is 2.03. The van der Waals surface area contributed by atoms with Gasteiger partial charge in [-0.05, 0) is 13.8 Å². The van der Waals surface area contributed by atoms with Crippen LogP contribution >= 0.6 is 0 Å². The first kappa shape index (κ1) is 10.1. The highest BCUT2D eigenvalue weighted by Gasteiger charge is 2.15. The van der Waals surface area contributed by atoms with E-state index in [9.17, 15) is 0 Å². The SMILES string of the molecule is CCn1c(CO)nnc1C(C)OC. The molecular formula is C8H15N3O2. The highest BCUT2D eigenvalue weighted by Crippen LogP contribution is 2.14. The first-order chi connectivity index (χ1) is 6.24. The molecule has 5 nitrogen and oxygen atoms in total.